The molecule has 0 aliphatic carbocycles. The number of hydrogen-bond acceptors (Lipinski definition) is 5. The molecule has 2 N–H and O–H groups in total. The SMILES string of the molecule is CNC(CF)C(O)c1ccc(-c2ccc(C#N)nc2)cc1.COCC(C)Cl. The number of alkyl halides is 2. The summed E-state index contributed by atoms with van der Waals surface area (Å²) in [6.07, 6.45) is 0.732. The molecule has 0 bridgehead atoms. The first-order valence-corrected chi connectivity index (χ1v) is 8.91. The van der Waals surface area contributed by atoms with Crippen molar-refractivity contribution in [1.82, 2.24) is 10.3 Å². The lowest BCUT2D eigenvalue weighted by Gasteiger charge is -2.20. The summed E-state index contributed by atoms with van der Waals surface area (Å²) in [5, 5.41) is 21.7. The summed E-state index contributed by atoms with van der Waals surface area (Å²) in [4.78, 5) is 4.02. The molecular weight excluding hydrogens is 369 g/mol. The topological polar surface area (TPSA) is 78.2 Å². The molecule has 5 nitrogen and oxygen atoms in total. The summed E-state index contributed by atoms with van der Waals surface area (Å²) in [7, 11) is 3.25. The standard InChI is InChI=1S/C16H16FN3O.C4H9ClO/c1-19-15(8-17)16(21)12-4-2-11(3-5-12)13-6-7-14(9-18)20-10-13;1-4(5)3-6-2/h2-7,10,15-16,19,21H,8H2,1H3;4H,3H2,1-2H3. The Labute approximate surface area is 164 Å². The lowest BCUT2D eigenvalue weighted by molar-refractivity contribution is 0.117. The zero-order valence-corrected chi connectivity index (χ0v) is 16.4. The number of halogens is 2. The minimum absolute atomic E-state index is 0.148. The van der Waals surface area contributed by atoms with Crippen LogP contribution in [-0.4, -0.2) is 48.9 Å². The van der Waals surface area contributed by atoms with Gasteiger partial charge in [-0.25, -0.2) is 9.37 Å². The minimum Gasteiger partial charge on any atom is -0.387 e. The molecule has 0 saturated carbocycles. The van der Waals surface area contributed by atoms with Gasteiger partial charge < -0.3 is 15.2 Å². The van der Waals surface area contributed by atoms with Crippen LogP contribution in [-0.2, 0) is 4.74 Å². The molecule has 0 aliphatic rings. The largest absolute Gasteiger partial charge is 0.387 e. The van der Waals surface area contributed by atoms with E-state index in [0.717, 1.165) is 11.1 Å². The molecule has 1 heterocycles. The van der Waals surface area contributed by atoms with E-state index in [1.54, 1.807) is 38.6 Å². The summed E-state index contributed by atoms with van der Waals surface area (Å²) in [6.45, 7) is 1.89. The summed E-state index contributed by atoms with van der Waals surface area (Å²) in [6, 6.07) is 12.0. The molecule has 7 heteroatoms. The normalized spacial score (nSPS) is 13.7. The predicted octanol–water partition coefficient (Wildman–Crippen LogP) is 3.47. The lowest BCUT2D eigenvalue weighted by Crippen LogP contribution is -2.33. The molecule has 0 aliphatic heterocycles. The van der Waals surface area contributed by atoms with Crippen LogP contribution in [0.25, 0.3) is 11.1 Å². The van der Waals surface area contributed by atoms with Gasteiger partial charge in [0.15, 0.2) is 0 Å². The fraction of sp³-hybridized carbons (Fsp3) is 0.400. The van der Waals surface area contributed by atoms with Gasteiger partial charge in [0, 0.05) is 18.9 Å². The van der Waals surface area contributed by atoms with Crippen molar-refractivity contribution >= 4 is 11.6 Å². The highest BCUT2D eigenvalue weighted by atomic mass is 35.5. The van der Waals surface area contributed by atoms with E-state index in [1.165, 1.54) is 0 Å². The summed E-state index contributed by atoms with van der Waals surface area (Å²) >= 11 is 5.45. The Bertz CT molecular complexity index is 699. The molecule has 1 aromatic heterocycles. The Hall–Kier alpha value is -2.04. The Balaban J connectivity index is 0.000000527. The highest BCUT2D eigenvalue weighted by molar-refractivity contribution is 6.20. The van der Waals surface area contributed by atoms with Crippen LogP contribution < -0.4 is 5.32 Å². The number of aromatic nitrogens is 1. The van der Waals surface area contributed by atoms with Gasteiger partial charge in [-0.2, -0.15) is 5.26 Å². The van der Waals surface area contributed by atoms with Crippen molar-refractivity contribution < 1.29 is 14.2 Å². The van der Waals surface area contributed by atoms with Crippen molar-refractivity contribution in [2.45, 2.75) is 24.4 Å². The van der Waals surface area contributed by atoms with Crippen LogP contribution >= 0.6 is 11.6 Å². The number of nitrogens with zero attached hydrogens (tertiary/aromatic N) is 2. The van der Waals surface area contributed by atoms with Gasteiger partial charge >= 0.3 is 0 Å². The number of nitriles is 1. The minimum atomic E-state index is -0.895. The quantitative estimate of drug-likeness (QED) is 0.704. The highest BCUT2D eigenvalue weighted by Gasteiger charge is 2.18. The molecule has 0 spiro atoms. The van der Waals surface area contributed by atoms with E-state index in [2.05, 4.69) is 15.0 Å². The van der Waals surface area contributed by atoms with E-state index >= 15 is 0 Å². The second kappa shape index (κ2) is 12.4. The number of likely N-dealkylation sites (N-methyl/N-ethyl adjacent to an activating group) is 1. The van der Waals surface area contributed by atoms with Crippen LogP contribution in [0, 0.1) is 11.3 Å². The number of pyridine rings is 1. The van der Waals surface area contributed by atoms with Crippen LogP contribution in [0.5, 0.6) is 0 Å². The lowest BCUT2D eigenvalue weighted by atomic mass is 9.99. The van der Waals surface area contributed by atoms with Gasteiger partial charge in [-0.1, -0.05) is 24.3 Å². The smallest absolute Gasteiger partial charge is 0.140 e. The van der Waals surface area contributed by atoms with E-state index in [0.29, 0.717) is 17.9 Å². The molecule has 3 atom stereocenters. The number of ether oxygens (including phenoxy) is 1. The van der Waals surface area contributed by atoms with E-state index in [-0.39, 0.29) is 5.38 Å². The molecule has 2 aromatic rings. The Morgan fingerprint density at radius 1 is 1.26 bits per heavy atom. The van der Waals surface area contributed by atoms with Crippen molar-refractivity contribution in [2.24, 2.45) is 0 Å². The summed E-state index contributed by atoms with van der Waals surface area (Å²) in [5.74, 6) is 0. The van der Waals surface area contributed by atoms with Crippen molar-refractivity contribution in [3.63, 3.8) is 0 Å². The average Bonchev–Trinajstić information content (AvgIpc) is 2.69. The average molecular weight is 394 g/mol. The fourth-order valence-electron chi connectivity index (χ4n) is 2.28. The first kappa shape index (κ1) is 23.0. The van der Waals surface area contributed by atoms with Gasteiger partial charge in [0.25, 0.3) is 0 Å². The summed E-state index contributed by atoms with van der Waals surface area (Å²) in [5.41, 5.74) is 2.82. The predicted molar refractivity (Wildman–Crippen MR) is 105 cm³/mol. The van der Waals surface area contributed by atoms with Crippen LogP contribution in [0.3, 0.4) is 0 Å². The second-order valence-electron chi connectivity index (χ2n) is 5.90. The van der Waals surface area contributed by atoms with Crippen molar-refractivity contribution in [2.75, 3.05) is 27.4 Å². The van der Waals surface area contributed by atoms with Crippen LogP contribution in [0.15, 0.2) is 42.6 Å². The van der Waals surface area contributed by atoms with E-state index in [9.17, 15) is 9.50 Å². The molecule has 1 aromatic carbocycles. The molecule has 0 radical (unpaired) electrons. The number of aliphatic hydroxyl groups is 1. The highest BCUT2D eigenvalue weighted by Crippen LogP contribution is 2.23. The van der Waals surface area contributed by atoms with Crippen molar-refractivity contribution in [3.8, 4) is 17.2 Å². The molecule has 2 rings (SSSR count). The molecule has 0 saturated heterocycles. The number of methoxy groups -OCH3 is 1. The van der Waals surface area contributed by atoms with Crippen LogP contribution in [0.1, 0.15) is 24.3 Å². The second-order valence-corrected chi connectivity index (χ2v) is 6.64. The zero-order valence-electron chi connectivity index (χ0n) is 15.7. The monoisotopic (exact) mass is 393 g/mol. The fourth-order valence-corrected chi connectivity index (χ4v) is 2.41. The Morgan fingerprint density at radius 2 is 1.89 bits per heavy atom. The van der Waals surface area contributed by atoms with E-state index in [4.69, 9.17) is 16.9 Å². The molecule has 146 valence electrons. The third kappa shape index (κ3) is 7.61. The molecule has 3 unspecified atom stereocenters. The number of aliphatic hydroxyl groups excluding tert-OH is 1. The number of benzene rings is 1. The van der Waals surface area contributed by atoms with Crippen LogP contribution in [0.2, 0.25) is 0 Å². The van der Waals surface area contributed by atoms with Gasteiger partial charge in [0.1, 0.15) is 18.4 Å². The molecular formula is C20H25ClFN3O2. The Morgan fingerprint density at radius 3 is 2.26 bits per heavy atom. The van der Waals surface area contributed by atoms with E-state index in [1.807, 2.05) is 31.2 Å². The Kier molecular flexibility index (Phi) is 10.5. The van der Waals surface area contributed by atoms with Gasteiger partial charge in [0.2, 0.25) is 0 Å². The number of nitrogens with one attached hydrogen (secondary N) is 1. The number of rotatable bonds is 7. The van der Waals surface area contributed by atoms with Gasteiger partial charge in [-0.15, -0.1) is 11.6 Å². The van der Waals surface area contributed by atoms with Crippen molar-refractivity contribution in [1.29, 1.82) is 5.26 Å². The number of hydrogen-bond donors (Lipinski definition) is 2. The summed E-state index contributed by atoms with van der Waals surface area (Å²) < 4.78 is 17.4. The third-order valence-electron chi connectivity index (χ3n) is 3.78. The molecule has 27 heavy (non-hydrogen) atoms. The van der Waals surface area contributed by atoms with E-state index < -0.39 is 18.8 Å². The third-order valence-corrected chi connectivity index (χ3v) is 3.90. The first-order chi connectivity index (χ1) is 13.0. The van der Waals surface area contributed by atoms with Crippen molar-refractivity contribution in [3.05, 3.63) is 53.9 Å². The molecule has 0 fully saturated rings. The zero-order chi connectivity index (χ0) is 20.2. The van der Waals surface area contributed by atoms with Gasteiger partial charge in [-0.05, 0) is 37.2 Å². The maximum atomic E-state index is 12.8. The van der Waals surface area contributed by atoms with Gasteiger partial charge in [-0.3, -0.25) is 0 Å². The first-order valence-electron chi connectivity index (χ1n) is 8.47. The molecule has 0 amide bonds. The van der Waals surface area contributed by atoms with Gasteiger partial charge in [0.05, 0.1) is 24.1 Å². The maximum absolute atomic E-state index is 12.8. The maximum Gasteiger partial charge on any atom is 0.140 e. The van der Waals surface area contributed by atoms with Crippen LogP contribution in [0.4, 0.5) is 4.39 Å².